The third-order valence-corrected chi connectivity index (χ3v) is 3.48. The van der Waals surface area contributed by atoms with Crippen molar-refractivity contribution >= 4 is 22.4 Å². The van der Waals surface area contributed by atoms with E-state index in [0.717, 1.165) is 21.8 Å². The first-order chi connectivity index (χ1) is 9.08. The lowest BCUT2D eigenvalue weighted by molar-refractivity contribution is -0.115. The number of methoxy groups -OCH3 is 1. The number of rotatable bonds is 4. The van der Waals surface area contributed by atoms with Gasteiger partial charge in [-0.25, -0.2) is 4.98 Å². The summed E-state index contributed by atoms with van der Waals surface area (Å²) in [6.07, 6.45) is 2.02. The zero-order valence-electron chi connectivity index (χ0n) is 11.2. The summed E-state index contributed by atoms with van der Waals surface area (Å²) < 4.78 is 5.26. The van der Waals surface area contributed by atoms with Crippen LogP contribution in [0.5, 0.6) is 5.75 Å². The van der Waals surface area contributed by atoms with Crippen LogP contribution in [0.1, 0.15) is 16.0 Å². The van der Waals surface area contributed by atoms with E-state index in [-0.39, 0.29) is 12.3 Å². The van der Waals surface area contributed by atoms with E-state index < -0.39 is 0 Å². The summed E-state index contributed by atoms with van der Waals surface area (Å²) in [5, 5.41) is 3.43. The first kappa shape index (κ1) is 13.5. The number of carbonyl (C=O) groups is 1. The lowest BCUT2D eigenvalue weighted by atomic mass is 10.1. The average Bonchev–Trinajstić information content (AvgIpc) is 2.75. The molecule has 0 saturated carbocycles. The zero-order chi connectivity index (χ0) is 13.8. The van der Waals surface area contributed by atoms with Crippen molar-refractivity contribution in [3.05, 3.63) is 40.4 Å². The van der Waals surface area contributed by atoms with E-state index in [1.807, 2.05) is 32.0 Å². The van der Waals surface area contributed by atoms with Crippen LogP contribution in [0.3, 0.4) is 0 Å². The van der Waals surface area contributed by atoms with Gasteiger partial charge in [0.2, 0.25) is 5.91 Å². The quantitative estimate of drug-likeness (QED) is 0.934. The van der Waals surface area contributed by atoms with Crippen LogP contribution < -0.4 is 10.1 Å². The number of thiazole rings is 1. The van der Waals surface area contributed by atoms with Crippen LogP contribution in [0.25, 0.3) is 0 Å². The van der Waals surface area contributed by atoms with E-state index >= 15 is 0 Å². The predicted molar refractivity (Wildman–Crippen MR) is 76.9 cm³/mol. The van der Waals surface area contributed by atoms with Gasteiger partial charge in [0.1, 0.15) is 5.75 Å². The maximum absolute atomic E-state index is 12.0. The monoisotopic (exact) mass is 276 g/mol. The van der Waals surface area contributed by atoms with E-state index in [0.29, 0.717) is 5.13 Å². The van der Waals surface area contributed by atoms with Gasteiger partial charge < -0.3 is 10.1 Å². The smallest absolute Gasteiger partial charge is 0.230 e. The Morgan fingerprint density at radius 1 is 1.42 bits per heavy atom. The molecular formula is C14H16N2O2S. The Kier molecular flexibility index (Phi) is 4.16. The van der Waals surface area contributed by atoms with Gasteiger partial charge >= 0.3 is 0 Å². The number of amides is 1. The molecule has 1 aromatic carbocycles. The zero-order valence-corrected chi connectivity index (χ0v) is 12.0. The molecule has 1 amide bonds. The highest BCUT2D eigenvalue weighted by atomic mass is 32.1. The lowest BCUT2D eigenvalue weighted by Crippen LogP contribution is -2.14. The molecule has 0 atom stereocenters. The summed E-state index contributed by atoms with van der Waals surface area (Å²) in [5.74, 6) is 0.648. The molecular weight excluding hydrogens is 260 g/mol. The summed E-state index contributed by atoms with van der Waals surface area (Å²) in [7, 11) is 1.61. The number of anilines is 1. The average molecular weight is 276 g/mol. The molecule has 4 nitrogen and oxygen atoms in total. The summed E-state index contributed by atoms with van der Waals surface area (Å²) in [4.78, 5) is 17.2. The molecule has 0 radical (unpaired) electrons. The van der Waals surface area contributed by atoms with Crippen molar-refractivity contribution in [1.29, 1.82) is 0 Å². The fraction of sp³-hybridized carbons (Fsp3) is 0.286. The number of ether oxygens (including phenoxy) is 1. The lowest BCUT2D eigenvalue weighted by Gasteiger charge is -2.09. The minimum Gasteiger partial charge on any atom is -0.496 e. The van der Waals surface area contributed by atoms with Crippen molar-refractivity contribution in [1.82, 2.24) is 4.98 Å². The van der Waals surface area contributed by atoms with Gasteiger partial charge in [-0.05, 0) is 19.9 Å². The molecule has 0 aliphatic rings. The fourth-order valence-corrected chi connectivity index (χ4v) is 2.48. The molecule has 19 heavy (non-hydrogen) atoms. The Morgan fingerprint density at radius 3 is 2.84 bits per heavy atom. The number of benzene rings is 1. The molecule has 2 aromatic rings. The standard InChI is InChI=1S/C14H16N2O2S/c1-9-4-5-12(18-3)11(6-9)7-13(17)16-14-15-8-10(2)19-14/h4-6,8H,7H2,1-3H3,(H,15,16,17). The Labute approximate surface area is 116 Å². The van der Waals surface area contributed by atoms with Gasteiger partial charge in [0.15, 0.2) is 5.13 Å². The largest absolute Gasteiger partial charge is 0.496 e. The van der Waals surface area contributed by atoms with Crippen LogP contribution in [0, 0.1) is 13.8 Å². The maximum atomic E-state index is 12.0. The number of hydrogen-bond acceptors (Lipinski definition) is 4. The molecule has 1 heterocycles. The highest BCUT2D eigenvalue weighted by Gasteiger charge is 2.10. The first-order valence-corrected chi connectivity index (χ1v) is 6.76. The van der Waals surface area contributed by atoms with Crippen molar-refractivity contribution in [2.24, 2.45) is 0 Å². The molecule has 0 spiro atoms. The van der Waals surface area contributed by atoms with Crippen molar-refractivity contribution in [2.75, 3.05) is 12.4 Å². The minimum atomic E-state index is -0.0850. The molecule has 1 aromatic heterocycles. The first-order valence-electron chi connectivity index (χ1n) is 5.94. The summed E-state index contributed by atoms with van der Waals surface area (Å²) in [5.41, 5.74) is 1.99. The normalized spacial score (nSPS) is 10.3. The van der Waals surface area contributed by atoms with Crippen LogP contribution in [0.2, 0.25) is 0 Å². The van der Waals surface area contributed by atoms with Gasteiger partial charge in [0.05, 0.1) is 13.5 Å². The van der Waals surface area contributed by atoms with E-state index in [4.69, 9.17) is 4.74 Å². The molecule has 0 fully saturated rings. The third kappa shape index (κ3) is 3.54. The molecule has 0 aliphatic carbocycles. The molecule has 0 bridgehead atoms. The number of nitrogens with one attached hydrogen (secondary N) is 1. The minimum absolute atomic E-state index is 0.0850. The summed E-state index contributed by atoms with van der Waals surface area (Å²) in [6, 6.07) is 5.81. The third-order valence-electron chi connectivity index (χ3n) is 2.65. The van der Waals surface area contributed by atoms with Crippen molar-refractivity contribution in [2.45, 2.75) is 20.3 Å². The van der Waals surface area contributed by atoms with E-state index in [1.54, 1.807) is 13.3 Å². The van der Waals surface area contributed by atoms with Crippen molar-refractivity contribution < 1.29 is 9.53 Å². The van der Waals surface area contributed by atoms with Crippen molar-refractivity contribution in [3.63, 3.8) is 0 Å². The highest BCUT2D eigenvalue weighted by Crippen LogP contribution is 2.21. The van der Waals surface area contributed by atoms with E-state index in [9.17, 15) is 4.79 Å². The molecule has 0 unspecified atom stereocenters. The number of aryl methyl sites for hydroxylation is 2. The van der Waals surface area contributed by atoms with Crippen LogP contribution >= 0.6 is 11.3 Å². The second kappa shape index (κ2) is 5.84. The molecule has 2 rings (SSSR count). The van der Waals surface area contributed by atoms with Crippen LogP contribution in [0.4, 0.5) is 5.13 Å². The topological polar surface area (TPSA) is 51.2 Å². The molecule has 0 saturated heterocycles. The second-order valence-electron chi connectivity index (χ2n) is 4.32. The number of carbonyl (C=O) groups excluding carboxylic acids is 1. The predicted octanol–water partition coefficient (Wildman–Crippen LogP) is 2.95. The maximum Gasteiger partial charge on any atom is 0.230 e. The van der Waals surface area contributed by atoms with E-state index in [2.05, 4.69) is 10.3 Å². The summed E-state index contributed by atoms with van der Waals surface area (Å²) >= 11 is 1.47. The Hall–Kier alpha value is -1.88. The molecule has 0 aliphatic heterocycles. The van der Waals surface area contributed by atoms with Gasteiger partial charge in [-0.2, -0.15) is 0 Å². The number of aromatic nitrogens is 1. The SMILES string of the molecule is COc1ccc(C)cc1CC(=O)Nc1ncc(C)s1. The van der Waals surface area contributed by atoms with Gasteiger partial charge in [-0.15, -0.1) is 11.3 Å². The van der Waals surface area contributed by atoms with Gasteiger partial charge in [-0.1, -0.05) is 17.7 Å². The van der Waals surface area contributed by atoms with Gasteiger partial charge in [0, 0.05) is 16.6 Å². The van der Waals surface area contributed by atoms with Crippen LogP contribution in [-0.2, 0) is 11.2 Å². The molecule has 5 heteroatoms. The Morgan fingerprint density at radius 2 is 2.21 bits per heavy atom. The number of nitrogens with zero attached hydrogens (tertiary/aromatic N) is 1. The number of hydrogen-bond donors (Lipinski definition) is 1. The van der Waals surface area contributed by atoms with Crippen LogP contribution in [0.15, 0.2) is 24.4 Å². The highest BCUT2D eigenvalue weighted by molar-refractivity contribution is 7.15. The summed E-state index contributed by atoms with van der Waals surface area (Å²) in [6.45, 7) is 3.95. The van der Waals surface area contributed by atoms with Crippen molar-refractivity contribution in [3.8, 4) is 5.75 Å². The van der Waals surface area contributed by atoms with Gasteiger partial charge in [-0.3, -0.25) is 4.79 Å². The van der Waals surface area contributed by atoms with E-state index in [1.165, 1.54) is 11.3 Å². The Bertz CT molecular complexity index is 593. The fourth-order valence-electron chi connectivity index (χ4n) is 1.79. The second-order valence-corrected chi connectivity index (χ2v) is 5.55. The Balaban J connectivity index is 2.08. The van der Waals surface area contributed by atoms with Crippen LogP contribution in [-0.4, -0.2) is 18.0 Å². The molecule has 100 valence electrons. The molecule has 1 N–H and O–H groups in total. The van der Waals surface area contributed by atoms with Gasteiger partial charge in [0.25, 0.3) is 0 Å².